The largest absolute Gasteiger partial charge is 0.363 e. The molecular weight excluding hydrogens is 262 g/mol. The van der Waals surface area contributed by atoms with E-state index >= 15 is 0 Å². The fourth-order valence-corrected chi connectivity index (χ4v) is 1.96. The monoisotopic (exact) mass is 285 g/mol. The molecule has 0 amide bonds. The Morgan fingerprint density at radius 1 is 1.14 bits per heavy atom. The minimum Gasteiger partial charge on any atom is -0.363 e. The zero-order valence-corrected chi connectivity index (χ0v) is 12.9. The summed E-state index contributed by atoms with van der Waals surface area (Å²) in [4.78, 5) is 10.8. The summed E-state index contributed by atoms with van der Waals surface area (Å²) in [6.07, 6.45) is 1.77. The number of aromatic nitrogens is 2. The first-order valence-electron chi connectivity index (χ1n) is 7.18. The van der Waals surface area contributed by atoms with Crippen molar-refractivity contribution >= 4 is 11.8 Å². The normalized spacial score (nSPS) is 12.2. The van der Waals surface area contributed by atoms with E-state index in [0.29, 0.717) is 5.95 Å². The molecule has 112 valence electrons. The van der Waals surface area contributed by atoms with Gasteiger partial charge >= 0.3 is 0 Å². The minimum atomic E-state index is 0.204. The van der Waals surface area contributed by atoms with Crippen LogP contribution in [-0.2, 0) is 0 Å². The van der Waals surface area contributed by atoms with Crippen molar-refractivity contribution in [3.8, 4) is 0 Å². The molecule has 0 aliphatic heterocycles. The van der Waals surface area contributed by atoms with Gasteiger partial charge in [-0.1, -0.05) is 30.3 Å². The number of anilines is 2. The Bertz CT molecular complexity index is 541. The van der Waals surface area contributed by atoms with E-state index in [2.05, 4.69) is 44.6 Å². The third-order valence-electron chi connectivity index (χ3n) is 3.16. The summed E-state index contributed by atoms with van der Waals surface area (Å²) < 4.78 is 0. The molecule has 0 spiro atoms. The van der Waals surface area contributed by atoms with Gasteiger partial charge in [0, 0.05) is 25.3 Å². The van der Waals surface area contributed by atoms with Gasteiger partial charge in [0.05, 0.1) is 0 Å². The van der Waals surface area contributed by atoms with E-state index in [0.717, 1.165) is 18.9 Å². The molecule has 2 aromatic rings. The maximum atomic E-state index is 4.48. The second-order valence-electron chi connectivity index (χ2n) is 5.27. The zero-order valence-electron chi connectivity index (χ0n) is 12.9. The van der Waals surface area contributed by atoms with E-state index in [-0.39, 0.29) is 6.04 Å². The second kappa shape index (κ2) is 7.59. The van der Waals surface area contributed by atoms with Gasteiger partial charge < -0.3 is 15.5 Å². The molecule has 0 saturated carbocycles. The van der Waals surface area contributed by atoms with Gasteiger partial charge in [-0.15, -0.1) is 0 Å². The molecule has 0 aliphatic rings. The molecule has 0 aliphatic carbocycles. The smallest absolute Gasteiger partial charge is 0.224 e. The van der Waals surface area contributed by atoms with Gasteiger partial charge in [0.25, 0.3) is 0 Å². The summed E-state index contributed by atoms with van der Waals surface area (Å²) in [7, 11) is 4.09. The highest BCUT2D eigenvalue weighted by molar-refractivity contribution is 5.41. The zero-order chi connectivity index (χ0) is 15.1. The summed E-state index contributed by atoms with van der Waals surface area (Å²) in [5, 5.41) is 6.62. The van der Waals surface area contributed by atoms with Crippen LogP contribution in [0, 0.1) is 0 Å². The molecule has 0 fully saturated rings. The average Bonchev–Trinajstić information content (AvgIpc) is 2.48. The molecular formula is C16H23N5. The Balaban J connectivity index is 1.94. The Morgan fingerprint density at radius 2 is 1.90 bits per heavy atom. The van der Waals surface area contributed by atoms with Crippen LogP contribution in [-0.4, -0.2) is 42.1 Å². The summed E-state index contributed by atoms with van der Waals surface area (Å²) >= 11 is 0. The van der Waals surface area contributed by atoms with Gasteiger partial charge in [-0.3, -0.25) is 0 Å². The van der Waals surface area contributed by atoms with Crippen molar-refractivity contribution in [3.05, 3.63) is 48.2 Å². The SMILES string of the molecule is CC(Nc1ccnc(NCCN(C)C)n1)c1ccccc1. The molecule has 1 aromatic carbocycles. The molecule has 5 nitrogen and oxygen atoms in total. The van der Waals surface area contributed by atoms with Crippen LogP contribution in [0.15, 0.2) is 42.6 Å². The molecule has 1 aromatic heterocycles. The van der Waals surface area contributed by atoms with Gasteiger partial charge in [-0.2, -0.15) is 4.98 Å². The molecule has 0 saturated heterocycles. The third-order valence-corrected chi connectivity index (χ3v) is 3.16. The van der Waals surface area contributed by atoms with Crippen LogP contribution in [0.5, 0.6) is 0 Å². The molecule has 1 unspecified atom stereocenters. The third kappa shape index (κ3) is 5.04. The molecule has 1 heterocycles. The van der Waals surface area contributed by atoms with Crippen molar-refractivity contribution in [2.24, 2.45) is 0 Å². The molecule has 21 heavy (non-hydrogen) atoms. The lowest BCUT2D eigenvalue weighted by Crippen LogP contribution is -2.21. The van der Waals surface area contributed by atoms with Crippen LogP contribution < -0.4 is 10.6 Å². The van der Waals surface area contributed by atoms with Crippen molar-refractivity contribution in [2.45, 2.75) is 13.0 Å². The predicted molar refractivity (Wildman–Crippen MR) is 87.6 cm³/mol. The van der Waals surface area contributed by atoms with Crippen LogP contribution in [0.1, 0.15) is 18.5 Å². The van der Waals surface area contributed by atoms with E-state index in [1.807, 2.05) is 38.4 Å². The molecule has 2 rings (SSSR count). The molecule has 2 N–H and O–H groups in total. The lowest BCUT2D eigenvalue weighted by atomic mass is 10.1. The van der Waals surface area contributed by atoms with Gasteiger partial charge in [-0.05, 0) is 32.6 Å². The summed E-state index contributed by atoms with van der Waals surface area (Å²) in [5.74, 6) is 1.48. The van der Waals surface area contributed by atoms with Gasteiger partial charge in [0.1, 0.15) is 5.82 Å². The number of nitrogens with one attached hydrogen (secondary N) is 2. The number of rotatable bonds is 7. The number of nitrogens with zero attached hydrogens (tertiary/aromatic N) is 3. The van der Waals surface area contributed by atoms with Crippen molar-refractivity contribution < 1.29 is 0 Å². The standard InChI is InChI=1S/C16H23N5/c1-13(14-7-5-4-6-8-14)19-15-9-10-17-16(20-15)18-11-12-21(2)3/h4-10,13H,11-12H2,1-3H3,(H2,17,18,19,20). The molecule has 0 bridgehead atoms. The highest BCUT2D eigenvalue weighted by Crippen LogP contribution is 2.17. The van der Waals surface area contributed by atoms with Crippen LogP contribution >= 0.6 is 0 Å². The minimum absolute atomic E-state index is 0.204. The first-order chi connectivity index (χ1) is 10.1. The van der Waals surface area contributed by atoms with Crippen molar-refractivity contribution in [2.75, 3.05) is 37.8 Å². The van der Waals surface area contributed by atoms with E-state index in [1.54, 1.807) is 6.20 Å². The van der Waals surface area contributed by atoms with Crippen molar-refractivity contribution in [3.63, 3.8) is 0 Å². The maximum Gasteiger partial charge on any atom is 0.224 e. The Labute approximate surface area is 126 Å². The molecule has 1 atom stereocenters. The van der Waals surface area contributed by atoms with Crippen LogP contribution in [0.3, 0.4) is 0 Å². The number of hydrogen-bond acceptors (Lipinski definition) is 5. The molecule has 5 heteroatoms. The lowest BCUT2D eigenvalue weighted by molar-refractivity contribution is 0.425. The summed E-state index contributed by atoms with van der Waals surface area (Å²) in [5.41, 5.74) is 1.23. The van der Waals surface area contributed by atoms with Gasteiger partial charge in [0.2, 0.25) is 5.95 Å². The molecule has 0 radical (unpaired) electrons. The maximum absolute atomic E-state index is 4.48. The number of hydrogen-bond donors (Lipinski definition) is 2. The van der Waals surface area contributed by atoms with E-state index in [9.17, 15) is 0 Å². The van der Waals surface area contributed by atoms with Crippen LogP contribution in [0.4, 0.5) is 11.8 Å². The summed E-state index contributed by atoms with van der Waals surface area (Å²) in [6, 6.07) is 12.4. The average molecular weight is 285 g/mol. The Kier molecular flexibility index (Phi) is 5.51. The first-order valence-corrected chi connectivity index (χ1v) is 7.18. The van der Waals surface area contributed by atoms with Crippen LogP contribution in [0.2, 0.25) is 0 Å². The predicted octanol–water partition coefficient (Wildman–Crippen LogP) is 2.62. The fourth-order valence-electron chi connectivity index (χ4n) is 1.96. The van der Waals surface area contributed by atoms with Gasteiger partial charge in [0.15, 0.2) is 0 Å². The van der Waals surface area contributed by atoms with Gasteiger partial charge in [-0.25, -0.2) is 4.98 Å². The van der Waals surface area contributed by atoms with E-state index in [4.69, 9.17) is 0 Å². The Hall–Kier alpha value is -2.14. The van der Waals surface area contributed by atoms with Crippen molar-refractivity contribution in [1.82, 2.24) is 14.9 Å². The van der Waals surface area contributed by atoms with Crippen molar-refractivity contribution in [1.29, 1.82) is 0 Å². The topological polar surface area (TPSA) is 53.1 Å². The quantitative estimate of drug-likeness (QED) is 0.819. The summed E-state index contributed by atoms with van der Waals surface area (Å²) in [6.45, 7) is 3.89. The Morgan fingerprint density at radius 3 is 2.62 bits per heavy atom. The first kappa shape index (κ1) is 15.3. The van der Waals surface area contributed by atoms with Crippen LogP contribution in [0.25, 0.3) is 0 Å². The number of likely N-dealkylation sites (N-methyl/N-ethyl adjacent to an activating group) is 1. The van der Waals surface area contributed by atoms with E-state index < -0.39 is 0 Å². The highest BCUT2D eigenvalue weighted by Gasteiger charge is 2.06. The lowest BCUT2D eigenvalue weighted by Gasteiger charge is -2.15. The second-order valence-corrected chi connectivity index (χ2v) is 5.27. The van der Waals surface area contributed by atoms with E-state index in [1.165, 1.54) is 5.56 Å². The number of benzene rings is 1. The fraction of sp³-hybridized carbons (Fsp3) is 0.375. The highest BCUT2D eigenvalue weighted by atomic mass is 15.2.